The van der Waals surface area contributed by atoms with Gasteiger partial charge >= 0.3 is 0 Å². The smallest absolute Gasteiger partial charge is 0.0594 e. The highest BCUT2D eigenvalue weighted by atomic mass is 16.5. The van der Waals surface area contributed by atoms with Crippen LogP contribution in [0.1, 0.15) is 12.8 Å². The second-order valence-corrected chi connectivity index (χ2v) is 4.44. The fourth-order valence-electron chi connectivity index (χ4n) is 2.04. The molecule has 0 bridgehead atoms. The zero-order valence-electron chi connectivity index (χ0n) is 10.1. The van der Waals surface area contributed by atoms with Crippen molar-refractivity contribution in [1.29, 1.82) is 0 Å². The molecule has 2 N–H and O–H groups in total. The summed E-state index contributed by atoms with van der Waals surface area (Å²) in [5, 5.41) is 0. The summed E-state index contributed by atoms with van der Waals surface area (Å²) >= 11 is 0. The van der Waals surface area contributed by atoms with Gasteiger partial charge in [-0.3, -0.25) is 0 Å². The first-order chi connectivity index (χ1) is 7.24. The molecular formula is C11H25N3O. The third-order valence-electron chi connectivity index (χ3n) is 3.10. The molecule has 0 spiro atoms. The molecule has 0 atom stereocenters. The van der Waals surface area contributed by atoms with Gasteiger partial charge in [-0.1, -0.05) is 0 Å². The van der Waals surface area contributed by atoms with E-state index in [0.717, 1.165) is 19.2 Å². The van der Waals surface area contributed by atoms with Gasteiger partial charge in [-0.25, -0.2) is 0 Å². The number of ether oxygens (including phenoxy) is 1. The van der Waals surface area contributed by atoms with Crippen molar-refractivity contribution in [2.45, 2.75) is 18.9 Å². The van der Waals surface area contributed by atoms with Crippen molar-refractivity contribution in [3.05, 3.63) is 0 Å². The molecule has 0 unspecified atom stereocenters. The Labute approximate surface area is 93.4 Å². The van der Waals surface area contributed by atoms with Crippen molar-refractivity contribution in [2.24, 2.45) is 5.73 Å². The molecule has 0 aromatic heterocycles. The zero-order valence-corrected chi connectivity index (χ0v) is 10.1. The van der Waals surface area contributed by atoms with Gasteiger partial charge in [0, 0.05) is 19.1 Å². The molecule has 4 heteroatoms. The van der Waals surface area contributed by atoms with Crippen LogP contribution >= 0.6 is 0 Å². The Balaban J connectivity index is 2.04. The molecule has 1 aliphatic heterocycles. The van der Waals surface area contributed by atoms with Crippen LogP contribution in [0.15, 0.2) is 0 Å². The monoisotopic (exact) mass is 215 g/mol. The normalized spacial score (nSPS) is 20.0. The average molecular weight is 215 g/mol. The molecule has 0 aromatic carbocycles. The van der Waals surface area contributed by atoms with Crippen LogP contribution in [0.2, 0.25) is 0 Å². The molecule has 1 rings (SSSR count). The van der Waals surface area contributed by atoms with E-state index in [4.69, 9.17) is 10.5 Å². The second-order valence-electron chi connectivity index (χ2n) is 4.44. The lowest BCUT2D eigenvalue weighted by Crippen LogP contribution is -2.43. The summed E-state index contributed by atoms with van der Waals surface area (Å²) in [6, 6.07) is 0.770. The van der Waals surface area contributed by atoms with Crippen molar-refractivity contribution in [3.63, 3.8) is 0 Å². The molecule has 0 aromatic rings. The summed E-state index contributed by atoms with van der Waals surface area (Å²) in [7, 11) is 4.34. The van der Waals surface area contributed by atoms with Gasteiger partial charge in [-0.05, 0) is 40.0 Å². The molecule has 1 heterocycles. The zero-order chi connectivity index (χ0) is 11.1. The third-order valence-corrected chi connectivity index (χ3v) is 3.10. The van der Waals surface area contributed by atoms with Crippen LogP contribution < -0.4 is 5.73 Å². The van der Waals surface area contributed by atoms with Crippen molar-refractivity contribution < 1.29 is 4.74 Å². The minimum Gasteiger partial charge on any atom is -0.379 e. The van der Waals surface area contributed by atoms with Crippen LogP contribution in [-0.4, -0.2) is 69.3 Å². The quantitative estimate of drug-likeness (QED) is 0.633. The summed E-state index contributed by atoms with van der Waals surface area (Å²) < 4.78 is 5.38. The first-order valence-corrected chi connectivity index (χ1v) is 5.90. The Bertz CT molecular complexity index is 156. The van der Waals surface area contributed by atoms with Gasteiger partial charge in [0.05, 0.1) is 13.2 Å². The number of hydrogen-bond donors (Lipinski definition) is 1. The number of nitrogens with zero attached hydrogens (tertiary/aromatic N) is 2. The molecule has 0 radical (unpaired) electrons. The minimum absolute atomic E-state index is 0.628. The predicted octanol–water partition coefficient (Wildman–Crippen LogP) is -0.0123. The van der Waals surface area contributed by atoms with Gasteiger partial charge in [0.1, 0.15) is 0 Å². The Morgan fingerprint density at radius 2 is 1.93 bits per heavy atom. The molecule has 15 heavy (non-hydrogen) atoms. The van der Waals surface area contributed by atoms with Crippen LogP contribution in [0.3, 0.4) is 0 Å². The Morgan fingerprint density at radius 1 is 1.27 bits per heavy atom. The highest BCUT2D eigenvalue weighted by Gasteiger charge is 2.19. The number of piperidine rings is 1. The van der Waals surface area contributed by atoms with Gasteiger partial charge in [0.25, 0.3) is 0 Å². The molecule has 1 saturated heterocycles. The summed E-state index contributed by atoms with van der Waals surface area (Å²) in [5.41, 5.74) is 5.36. The molecule has 1 fully saturated rings. The maximum Gasteiger partial charge on any atom is 0.0594 e. The van der Waals surface area contributed by atoms with E-state index in [2.05, 4.69) is 23.9 Å². The van der Waals surface area contributed by atoms with Crippen LogP contribution in [-0.2, 0) is 4.74 Å². The molecular weight excluding hydrogens is 190 g/mol. The largest absolute Gasteiger partial charge is 0.379 e. The maximum atomic E-state index is 5.38. The van der Waals surface area contributed by atoms with E-state index in [-0.39, 0.29) is 0 Å². The van der Waals surface area contributed by atoms with Gasteiger partial charge in [0.2, 0.25) is 0 Å². The molecule has 0 amide bonds. The van der Waals surface area contributed by atoms with Gasteiger partial charge in [0.15, 0.2) is 0 Å². The molecule has 0 aliphatic carbocycles. The van der Waals surface area contributed by atoms with E-state index in [1.807, 2.05) is 0 Å². The summed E-state index contributed by atoms with van der Waals surface area (Å²) in [4.78, 5) is 4.82. The standard InChI is InChI=1S/C11H25N3O/c1-13(2)11-3-6-14(7-4-11)8-10-15-9-5-12/h11H,3-10,12H2,1-2H3. The molecule has 90 valence electrons. The van der Waals surface area contributed by atoms with E-state index >= 15 is 0 Å². The van der Waals surface area contributed by atoms with Crippen molar-refractivity contribution >= 4 is 0 Å². The van der Waals surface area contributed by atoms with Crippen LogP contribution in [0.5, 0.6) is 0 Å². The lowest BCUT2D eigenvalue weighted by Gasteiger charge is -2.35. The number of hydrogen-bond acceptors (Lipinski definition) is 4. The third kappa shape index (κ3) is 4.93. The van der Waals surface area contributed by atoms with Gasteiger partial charge in [-0.2, -0.15) is 0 Å². The fourth-order valence-corrected chi connectivity index (χ4v) is 2.04. The lowest BCUT2D eigenvalue weighted by atomic mass is 10.0. The summed E-state index contributed by atoms with van der Waals surface area (Å²) in [5.74, 6) is 0. The Kier molecular flexibility index (Phi) is 6.17. The van der Waals surface area contributed by atoms with Gasteiger partial charge in [-0.15, -0.1) is 0 Å². The molecule has 0 saturated carbocycles. The molecule has 4 nitrogen and oxygen atoms in total. The van der Waals surface area contributed by atoms with E-state index in [0.29, 0.717) is 13.2 Å². The van der Waals surface area contributed by atoms with Gasteiger partial charge < -0.3 is 20.3 Å². The highest BCUT2D eigenvalue weighted by Crippen LogP contribution is 2.13. The number of nitrogens with two attached hydrogens (primary N) is 1. The van der Waals surface area contributed by atoms with Crippen LogP contribution in [0, 0.1) is 0 Å². The van der Waals surface area contributed by atoms with E-state index in [1.54, 1.807) is 0 Å². The Morgan fingerprint density at radius 3 is 2.47 bits per heavy atom. The summed E-state index contributed by atoms with van der Waals surface area (Å²) in [6.45, 7) is 5.60. The van der Waals surface area contributed by atoms with E-state index < -0.39 is 0 Å². The first-order valence-electron chi connectivity index (χ1n) is 5.90. The SMILES string of the molecule is CN(C)C1CCN(CCOCCN)CC1. The predicted molar refractivity (Wildman–Crippen MR) is 63.0 cm³/mol. The van der Waals surface area contributed by atoms with Crippen LogP contribution in [0.25, 0.3) is 0 Å². The summed E-state index contributed by atoms with van der Waals surface area (Å²) in [6.07, 6.45) is 2.56. The second kappa shape index (κ2) is 7.17. The van der Waals surface area contributed by atoms with Crippen molar-refractivity contribution in [1.82, 2.24) is 9.80 Å². The maximum absolute atomic E-state index is 5.38. The minimum atomic E-state index is 0.628. The van der Waals surface area contributed by atoms with Crippen molar-refractivity contribution in [2.75, 3.05) is 53.5 Å². The average Bonchev–Trinajstić information content (AvgIpc) is 2.25. The van der Waals surface area contributed by atoms with Crippen molar-refractivity contribution in [3.8, 4) is 0 Å². The lowest BCUT2D eigenvalue weighted by molar-refractivity contribution is 0.0848. The topological polar surface area (TPSA) is 41.7 Å². The number of likely N-dealkylation sites (tertiary alicyclic amines) is 1. The van der Waals surface area contributed by atoms with E-state index in [1.165, 1.54) is 25.9 Å². The highest BCUT2D eigenvalue weighted by molar-refractivity contribution is 4.76. The first kappa shape index (κ1) is 12.9. The van der Waals surface area contributed by atoms with Crippen LogP contribution in [0.4, 0.5) is 0 Å². The Hall–Kier alpha value is -0.160. The molecule has 1 aliphatic rings. The fraction of sp³-hybridized carbons (Fsp3) is 1.00. The van der Waals surface area contributed by atoms with E-state index in [9.17, 15) is 0 Å². The number of rotatable bonds is 6.